The lowest BCUT2D eigenvalue weighted by Crippen LogP contribution is -2.40. The van der Waals surface area contributed by atoms with Gasteiger partial charge in [0.05, 0.1) is 17.3 Å². The second-order valence-electron chi connectivity index (χ2n) is 7.77. The molecule has 0 unspecified atom stereocenters. The molecule has 0 spiro atoms. The zero-order chi connectivity index (χ0) is 21.8. The summed E-state index contributed by atoms with van der Waals surface area (Å²) >= 11 is 0. The number of likely N-dealkylation sites (tertiary alicyclic amines) is 1. The Kier molecular flexibility index (Phi) is 6.06. The van der Waals surface area contributed by atoms with E-state index in [1.807, 2.05) is 37.4 Å². The number of carbonyl (C=O) groups excluding carboxylic acids is 2. The summed E-state index contributed by atoms with van der Waals surface area (Å²) in [5, 5.41) is 2.91. The summed E-state index contributed by atoms with van der Waals surface area (Å²) in [6.07, 6.45) is 7.67. The maximum atomic E-state index is 13.1. The third-order valence-corrected chi connectivity index (χ3v) is 5.61. The van der Waals surface area contributed by atoms with Crippen LogP contribution in [-0.4, -0.2) is 42.8 Å². The van der Waals surface area contributed by atoms with E-state index >= 15 is 0 Å². The molecular weight excluding hydrogens is 392 g/mol. The summed E-state index contributed by atoms with van der Waals surface area (Å²) in [6.45, 7) is 2.88. The lowest BCUT2D eigenvalue weighted by atomic mass is 10.0. The van der Waals surface area contributed by atoms with Crippen molar-refractivity contribution in [2.24, 2.45) is 7.05 Å². The van der Waals surface area contributed by atoms with Gasteiger partial charge in [-0.25, -0.2) is 15.0 Å². The molecule has 31 heavy (non-hydrogen) atoms. The minimum atomic E-state index is -0.224. The topological polar surface area (TPSA) is 93.0 Å². The highest BCUT2D eigenvalue weighted by Crippen LogP contribution is 2.30. The Morgan fingerprint density at radius 1 is 1.16 bits per heavy atom. The van der Waals surface area contributed by atoms with Crippen molar-refractivity contribution in [2.75, 3.05) is 6.54 Å². The van der Waals surface area contributed by atoms with Crippen LogP contribution in [0.25, 0.3) is 0 Å². The Labute approximate surface area is 181 Å². The molecule has 0 aliphatic carbocycles. The number of nitrogens with one attached hydrogen (secondary N) is 1. The number of imidazole rings is 1. The first-order valence-corrected chi connectivity index (χ1v) is 10.5. The fraction of sp³-hybridized carbons (Fsp3) is 0.348. The summed E-state index contributed by atoms with van der Waals surface area (Å²) in [6, 6.07) is 9.51. The van der Waals surface area contributed by atoms with Crippen molar-refractivity contribution >= 4 is 11.8 Å². The van der Waals surface area contributed by atoms with Crippen LogP contribution < -0.4 is 5.32 Å². The molecule has 0 saturated carbocycles. The van der Waals surface area contributed by atoms with E-state index in [1.54, 1.807) is 35.0 Å². The maximum absolute atomic E-state index is 13.1. The number of aryl methyl sites for hydroxylation is 2. The van der Waals surface area contributed by atoms with Crippen LogP contribution in [0, 0.1) is 6.92 Å². The summed E-state index contributed by atoms with van der Waals surface area (Å²) in [4.78, 5) is 40.8. The number of aromatic nitrogens is 4. The van der Waals surface area contributed by atoms with E-state index in [0.29, 0.717) is 36.0 Å². The quantitative estimate of drug-likeness (QED) is 0.688. The molecular formula is C23H26N6O2. The van der Waals surface area contributed by atoms with E-state index in [4.69, 9.17) is 0 Å². The Morgan fingerprint density at radius 3 is 2.68 bits per heavy atom. The molecule has 0 bridgehead atoms. The van der Waals surface area contributed by atoms with Crippen LogP contribution in [0.3, 0.4) is 0 Å². The highest BCUT2D eigenvalue weighted by molar-refractivity contribution is 5.95. The molecule has 1 aromatic carbocycles. The SMILES string of the molecule is Cc1nc([C@@H]2CCCCN2C(=O)c2nccn2C)ncc1C(=O)NCc1ccccc1. The van der Waals surface area contributed by atoms with Crippen molar-refractivity contribution in [3.63, 3.8) is 0 Å². The molecule has 3 aromatic rings. The molecule has 8 nitrogen and oxygen atoms in total. The van der Waals surface area contributed by atoms with Gasteiger partial charge >= 0.3 is 0 Å². The Morgan fingerprint density at radius 2 is 1.97 bits per heavy atom. The number of piperidine rings is 1. The smallest absolute Gasteiger partial charge is 0.290 e. The van der Waals surface area contributed by atoms with E-state index in [1.165, 1.54) is 0 Å². The lowest BCUT2D eigenvalue weighted by molar-refractivity contribution is 0.0582. The van der Waals surface area contributed by atoms with Gasteiger partial charge in [-0.15, -0.1) is 0 Å². The fourth-order valence-electron chi connectivity index (χ4n) is 3.89. The third-order valence-electron chi connectivity index (χ3n) is 5.61. The van der Waals surface area contributed by atoms with Gasteiger partial charge in [-0.05, 0) is 31.7 Å². The third kappa shape index (κ3) is 4.47. The predicted octanol–water partition coefficient (Wildman–Crippen LogP) is 2.82. The van der Waals surface area contributed by atoms with E-state index in [-0.39, 0.29) is 17.9 Å². The second kappa shape index (κ2) is 9.07. The Balaban J connectivity index is 1.51. The molecule has 0 radical (unpaired) electrons. The van der Waals surface area contributed by atoms with Crippen molar-refractivity contribution in [3.8, 4) is 0 Å². The first-order chi connectivity index (χ1) is 15.0. The number of nitrogens with zero attached hydrogens (tertiary/aromatic N) is 5. The molecule has 1 aliphatic rings. The predicted molar refractivity (Wildman–Crippen MR) is 115 cm³/mol. The zero-order valence-electron chi connectivity index (χ0n) is 17.8. The Bertz CT molecular complexity index is 1080. The van der Waals surface area contributed by atoms with Crippen LogP contribution in [0.5, 0.6) is 0 Å². The van der Waals surface area contributed by atoms with Crippen LogP contribution in [0.1, 0.15) is 63.4 Å². The molecule has 1 N–H and O–H groups in total. The normalized spacial score (nSPS) is 16.2. The largest absolute Gasteiger partial charge is 0.348 e. The van der Waals surface area contributed by atoms with Crippen molar-refractivity contribution in [1.29, 1.82) is 0 Å². The summed E-state index contributed by atoms with van der Waals surface area (Å²) in [5.74, 6) is 0.639. The molecule has 1 saturated heterocycles. The molecule has 2 amide bonds. The number of carbonyl (C=O) groups is 2. The molecule has 2 aromatic heterocycles. The van der Waals surface area contributed by atoms with Gasteiger partial charge in [0.1, 0.15) is 0 Å². The molecule has 1 aliphatic heterocycles. The fourth-order valence-corrected chi connectivity index (χ4v) is 3.89. The lowest BCUT2D eigenvalue weighted by Gasteiger charge is -2.34. The van der Waals surface area contributed by atoms with Crippen LogP contribution in [-0.2, 0) is 13.6 Å². The molecule has 8 heteroatoms. The average molecular weight is 419 g/mol. The van der Waals surface area contributed by atoms with Gasteiger partial charge in [0.15, 0.2) is 11.6 Å². The maximum Gasteiger partial charge on any atom is 0.290 e. The highest BCUT2D eigenvalue weighted by atomic mass is 16.2. The van der Waals surface area contributed by atoms with Crippen molar-refractivity contribution < 1.29 is 9.59 Å². The van der Waals surface area contributed by atoms with E-state index in [9.17, 15) is 9.59 Å². The van der Waals surface area contributed by atoms with Crippen LogP contribution in [0.2, 0.25) is 0 Å². The monoisotopic (exact) mass is 418 g/mol. The summed E-state index contributed by atoms with van der Waals surface area (Å²) < 4.78 is 1.72. The number of amides is 2. The van der Waals surface area contributed by atoms with Crippen molar-refractivity contribution in [2.45, 2.75) is 38.8 Å². The zero-order valence-corrected chi connectivity index (χ0v) is 17.8. The van der Waals surface area contributed by atoms with Crippen LogP contribution >= 0.6 is 0 Å². The molecule has 1 fully saturated rings. The molecule has 160 valence electrons. The van der Waals surface area contributed by atoms with Gasteiger partial charge in [0.25, 0.3) is 11.8 Å². The second-order valence-corrected chi connectivity index (χ2v) is 7.77. The van der Waals surface area contributed by atoms with E-state index < -0.39 is 0 Å². The minimum Gasteiger partial charge on any atom is -0.348 e. The minimum absolute atomic E-state index is 0.122. The van der Waals surface area contributed by atoms with E-state index in [2.05, 4.69) is 20.3 Å². The van der Waals surface area contributed by atoms with E-state index in [0.717, 1.165) is 24.8 Å². The van der Waals surface area contributed by atoms with Gasteiger partial charge < -0.3 is 14.8 Å². The summed E-state index contributed by atoms with van der Waals surface area (Å²) in [5.41, 5.74) is 2.07. The number of hydrogen-bond donors (Lipinski definition) is 1. The van der Waals surface area contributed by atoms with Gasteiger partial charge in [-0.3, -0.25) is 9.59 Å². The van der Waals surface area contributed by atoms with Crippen LogP contribution in [0.15, 0.2) is 48.9 Å². The first kappa shape index (κ1) is 20.7. The van der Waals surface area contributed by atoms with Crippen molar-refractivity contribution in [1.82, 2.24) is 29.7 Å². The Hall–Kier alpha value is -3.55. The van der Waals surface area contributed by atoms with Crippen molar-refractivity contribution in [3.05, 3.63) is 77.4 Å². The van der Waals surface area contributed by atoms with Crippen LogP contribution in [0.4, 0.5) is 0 Å². The van der Waals surface area contributed by atoms with Gasteiger partial charge in [0.2, 0.25) is 0 Å². The van der Waals surface area contributed by atoms with Gasteiger partial charge in [0, 0.05) is 38.7 Å². The number of rotatable bonds is 5. The number of benzene rings is 1. The molecule has 3 heterocycles. The van der Waals surface area contributed by atoms with Gasteiger partial charge in [-0.1, -0.05) is 30.3 Å². The molecule has 4 rings (SSSR count). The van der Waals surface area contributed by atoms with Gasteiger partial charge in [-0.2, -0.15) is 0 Å². The average Bonchev–Trinajstić information content (AvgIpc) is 3.23. The highest BCUT2D eigenvalue weighted by Gasteiger charge is 2.32. The first-order valence-electron chi connectivity index (χ1n) is 10.5. The molecule has 1 atom stereocenters. The number of hydrogen-bond acceptors (Lipinski definition) is 5. The standard InChI is InChI=1S/C23H26N6O2/c1-16-18(22(30)26-14-17-8-4-3-5-9-17)15-25-20(27-16)19-10-6-7-12-29(19)23(31)21-24-11-13-28(21)2/h3-5,8-9,11,13,15,19H,6-7,10,12,14H2,1-2H3,(H,26,30)/t19-/m0/s1. The summed E-state index contributed by atoms with van der Waals surface area (Å²) in [7, 11) is 1.81.